The number of furan rings is 1. The lowest BCUT2D eigenvalue weighted by atomic mass is 10.1. The smallest absolute Gasteiger partial charge is 0.139 e. The zero-order valence-corrected chi connectivity index (χ0v) is 14.7. The number of nitrogens with one attached hydrogen (secondary N) is 1. The first-order valence-electron chi connectivity index (χ1n) is 9.04. The quantitative estimate of drug-likeness (QED) is 0.515. The van der Waals surface area contributed by atoms with Crippen LogP contribution in [0.4, 0.5) is 5.82 Å². The van der Waals surface area contributed by atoms with Gasteiger partial charge in [0.2, 0.25) is 0 Å². The number of rotatable bonds is 9. The fraction of sp³-hybridized carbons (Fsp3) is 0.450. The molecule has 0 aliphatic rings. The molecule has 3 heterocycles. The van der Waals surface area contributed by atoms with Crippen LogP contribution in [0.25, 0.3) is 16.9 Å². The van der Waals surface area contributed by atoms with E-state index in [2.05, 4.69) is 41.9 Å². The fourth-order valence-corrected chi connectivity index (χ4v) is 3.03. The summed E-state index contributed by atoms with van der Waals surface area (Å²) in [6.45, 7) is 5.33. The Hall–Kier alpha value is -2.23. The molecule has 4 heteroatoms. The Labute approximate surface area is 143 Å². The molecule has 0 saturated carbocycles. The van der Waals surface area contributed by atoms with Crippen LogP contribution in [0.2, 0.25) is 0 Å². The molecule has 3 rings (SSSR count). The minimum atomic E-state index is 0.959. The van der Waals surface area contributed by atoms with Crippen molar-refractivity contribution >= 4 is 11.5 Å². The molecule has 24 heavy (non-hydrogen) atoms. The van der Waals surface area contributed by atoms with Crippen LogP contribution in [-0.2, 0) is 0 Å². The number of imidazole rings is 1. The first-order chi connectivity index (χ1) is 11.8. The maximum absolute atomic E-state index is 5.25. The summed E-state index contributed by atoms with van der Waals surface area (Å²) in [6, 6.07) is 6.12. The maximum Gasteiger partial charge on any atom is 0.139 e. The monoisotopic (exact) mass is 325 g/mol. The highest BCUT2D eigenvalue weighted by molar-refractivity contribution is 5.76. The zero-order chi connectivity index (χ0) is 16.8. The minimum Gasteiger partial charge on any atom is -0.472 e. The van der Waals surface area contributed by atoms with Crippen molar-refractivity contribution in [3.8, 4) is 11.3 Å². The van der Waals surface area contributed by atoms with E-state index in [9.17, 15) is 0 Å². The van der Waals surface area contributed by atoms with E-state index in [0.29, 0.717) is 0 Å². The highest BCUT2D eigenvalue weighted by Crippen LogP contribution is 2.29. The lowest BCUT2D eigenvalue weighted by molar-refractivity contribution is 0.568. The van der Waals surface area contributed by atoms with Crippen LogP contribution in [0, 0.1) is 6.92 Å². The molecule has 3 aromatic rings. The van der Waals surface area contributed by atoms with Gasteiger partial charge in [-0.3, -0.25) is 4.40 Å². The van der Waals surface area contributed by atoms with Crippen LogP contribution in [0.3, 0.4) is 0 Å². The standard InChI is InChI=1S/C20H27N3O/c1-3-4-5-6-7-8-12-21-20-19(17-11-13-24-15-17)22-18-10-9-16(2)14-23(18)20/h9-11,13-15,21H,3-8,12H2,1-2H3. The van der Waals surface area contributed by atoms with Gasteiger partial charge in [0.05, 0.1) is 12.5 Å². The minimum absolute atomic E-state index is 0.959. The highest BCUT2D eigenvalue weighted by Gasteiger charge is 2.14. The number of anilines is 1. The number of nitrogens with zero attached hydrogens (tertiary/aromatic N) is 2. The van der Waals surface area contributed by atoms with Crippen molar-refractivity contribution < 1.29 is 4.42 Å². The molecule has 0 atom stereocenters. The first-order valence-corrected chi connectivity index (χ1v) is 9.04. The van der Waals surface area contributed by atoms with E-state index >= 15 is 0 Å². The van der Waals surface area contributed by atoms with E-state index in [1.54, 1.807) is 12.5 Å². The normalized spacial score (nSPS) is 11.2. The average molecular weight is 325 g/mol. The molecule has 0 aliphatic heterocycles. The molecule has 0 radical (unpaired) electrons. The van der Waals surface area contributed by atoms with Crippen molar-refractivity contribution in [2.24, 2.45) is 0 Å². The molecular weight excluding hydrogens is 298 g/mol. The van der Waals surface area contributed by atoms with Crippen molar-refractivity contribution in [3.05, 3.63) is 42.5 Å². The van der Waals surface area contributed by atoms with Gasteiger partial charge in [0, 0.05) is 18.3 Å². The van der Waals surface area contributed by atoms with Gasteiger partial charge in [-0.05, 0) is 31.0 Å². The number of aromatic nitrogens is 2. The Kier molecular flexibility index (Phi) is 5.57. The van der Waals surface area contributed by atoms with E-state index < -0.39 is 0 Å². The highest BCUT2D eigenvalue weighted by atomic mass is 16.3. The number of hydrogen-bond donors (Lipinski definition) is 1. The number of aryl methyl sites for hydroxylation is 1. The molecule has 0 fully saturated rings. The van der Waals surface area contributed by atoms with Gasteiger partial charge < -0.3 is 9.73 Å². The summed E-state index contributed by atoms with van der Waals surface area (Å²) >= 11 is 0. The SMILES string of the molecule is CCCCCCCCNc1c(-c2ccoc2)nc2ccc(C)cn12. The molecule has 3 aromatic heterocycles. The van der Waals surface area contributed by atoms with Gasteiger partial charge in [-0.1, -0.05) is 45.1 Å². The Morgan fingerprint density at radius 1 is 1.08 bits per heavy atom. The Bertz CT molecular complexity index is 759. The molecule has 4 nitrogen and oxygen atoms in total. The molecule has 0 amide bonds. The number of unbranched alkanes of at least 4 members (excludes halogenated alkanes) is 5. The topological polar surface area (TPSA) is 42.5 Å². The van der Waals surface area contributed by atoms with Gasteiger partial charge in [-0.15, -0.1) is 0 Å². The van der Waals surface area contributed by atoms with Crippen molar-refractivity contribution in [1.82, 2.24) is 9.38 Å². The van der Waals surface area contributed by atoms with E-state index in [1.165, 1.54) is 44.1 Å². The Morgan fingerprint density at radius 2 is 1.92 bits per heavy atom. The third kappa shape index (κ3) is 3.81. The summed E-state index contributed by atoms with van der Waals surface area (Å²) in [4.78, 5) is 4.78. The van der Waals surface area contributed by atoms with Gasteiger partial charge in [0.25, 0.3) is 0 Å². The predicted octanol–water partition coefficient (Wildman–Crippen LogP) is 5.68. The summed E-state index contributed by atoms with van der Waals surface area (Å²) in [5.41, 5.74) is 4.16. The van der Waals surface area contributed by atoms with Crippen LogP contribution < -0.4 is 5.32 Å². The van der Waals surface area contributed by atoms with Crippen LogP contribution in [-0.4, -0.2) is 15.9 Å². The second-order valence-corrected chi connectivity index (χ2v) is 6.45. The summed E-state index contributed by atoms with van der Waals surface area (Å²) < 4.78 is 7.39. The average Bonchev–Trinajstić information content (AvgIpc) is 3.22. The third-order valence-electron chi connectivity index (χ3n) is 4.38. The number of pyridine rings is 1. The largest absolute Gasteiger partial charge is 0.472 e. The van der Waals surface area contributed by atoms with Crippen molar-refractivity contribution in [2.75, 3.05) is 11.9 Å². The molecule has 0 spiro atoms. The summed E-state index contributed by atoms with van der Waals surface area (Å²) in [5, 5.41) is 3.60. The molecule has 0 aromatic carbocycles. The van der Waals surface area contributed by atoms with Gasteiger partial charge in [-0.2, -0.15) is 0 Å². The molecule has 0 saturated heterocycles. The van der Waals surface area contributed by atoms with Gasteiger partial charge in [0.1, 0.15) is 17.2 Å². The molecule has 128 valence electrons. The van der Waals surface area contributed by atoms with Gasteiger partial charge in [0.15, 0.2) is 0 Å². The molecule has 1 N–H and O–H groups in total. The molecular formula is C20H27N3O. The van der Waals surface area contributed by atoms with E-state index in [1.807, 2.05) is 6.07 Å². The summed E-state index contributed by atoms with van der Waals surface area (Å²) in [6.07, 6.45) is 13.4. The Morgan fingerprint density at radius 3 is 2.71 bits per heavy atom. The van der Waals surface area contributed by atoms with Gasteiger partial charge in [-0.25, -0.2) is 4.98 Å². The van der Waals surface area contributed by atoms with Gasteiger partial charge >= 0.3 is 0 Å². The number of hydrogen-bond acceptors (Lipinski definition) is 3. The van der Waals surface area contributed by atoms with Crippen LogP contribution in [0.1, 0.15) is 51.0 Å². The fourth-order valence-electron chi connectivity index (χ4n) is 3.03. The van der Waals surface area contributed by atoms with Crippen molar-refractivity contribution in [2.45, 2.75) is 52.4 Å². The van der Waals surface area contributed by atoms with E-state index in [4.69, 9.17) is 9.40 Å². The second-order valence-electron chi connectivity index (χ2n) is 6.45. The summed E-state index contributed by atoms with van der Waals surface area (Å²) in [5.74, 6) is 1.06. The maximum atomic E-state index is 5.25. The van der Waals surface area contributed by atoms with Crippen molar-refractivity contribution in [1.29, 1.82) is 0 Å². The van der Waals surface area contributed by atoms with Crippen molar-refractivity contribution in [3.63, 3.8) is 0 Å². The van der Waals surface area contributed by atoms with E-state index in [0.717, 1.165) is 29.3 Å². The van der Waals surface area contributed by atoms with Crippen LogP contribution in [0.5, 0.6) is 0 Å². The molecule has 0 bridgehead atoms. The first kappa shape index (κ1) is 16.6. The lowest BCUT2D eigenvalue weighted by Gasteiger charge is -2.08. The zero-order valence-electron chi connectivity index (χ0n) is 14.7. The molecule has 0 aliphatic carbocycles. The van der Waals surface area contributed by atoms with E-state index in [-0.39, 0.29) is 0 Å². The molecule has 0 unspecified atom stereocenters. The Balaban J connectivity index is 1.73. The lowest BCUT2D eigenvalue weighted by Crippen LogP contribution is -2.05. The summed E-state index contributed by atoms with van der Waals surface area (Å²) in [7, 11) is 0. The van der Waals surface area contributed by atoms with Crippen LogP contribution in [0.15, 0.2) is 41.3 Å². The third-order valence-corrected chi connectivity index (χ3v) is 4.38. The van der Waals surface area contributed by atoms with Crippen LogP contribution >= 0.6 is 0 Å². The second kappa shape index (κ2) is 8.04. The predicted molar refractivity (Wildman–Crippen MR) is 99.5 cm³/mol. The number of fused-ring (bicyclic) bond motifs is 1.